The number of nitrogens with zero attached hydrogens (tertiary/aromatic N) is 4. The van der Waals surface area contributed by atoms with Crippen LogP contribution in [0, 0.1) is 0 Å². The van der Waals surface area contributed by atoms with Gasteiger partial charge in [-0.15, -0.1) is 0 Å². The Morgan fingerprint density at radius 1 is 1.17 bits per heavy atom. The Balaban J connectivity index is 1.93. The van der Waals surface area contributed by atoms with Crippen LogP contribution in [0.25, 0.3) is 10.9 Å². The van der Waals surface area contributed by atoms with Crippen LogP contribution in [0.3, 0.4) is 0 Å². The fraction of sp³-hybridized carbons (Fsp3) is 0.348. The first-order chi connectivity index (χ1) is 16.8. The van der Waals surface area contributed by atoms with Crippen molar-refractivity contribution in [2.24, 2.45) is 7.05 Å². The van der Waals surface area contributed by atoms with E-state index in [9.17, 15) is 14.4 Å². The molecule has 0 spiro atoms. The molecule has 2 aromatic heterocycles. The molecule has 1 aromatic carbocycles. The lowest BCUT2D eigenvalue weighted by molar-refractivity contribution is -0.122. The summed E-state index contributed by atoms with van der Waals surface area (Å²) in [6.45, 7) is 2.45. The highest BCUT2D eigenvalue weighted by molar-refractivity contribution is 6.32. The van der Waals surface area contributed by atoms with E-state index in [1.54, 1.807) is 37.2 Å². The van der Waals surface area contributed by atoms with Gasteiger partial charge in [-0.3, -0.25) is 14.4 Å². The second-order valence-electron chi connectivity index (χ2n) is 7.69. The molecule has 12 heteroatoms. The van der Waals surface area contributed by atoms with E-state index in [-0.39, 0.29) is 36.3 Å². The van der Waals surface area contributed by atoms with Crippen LogP contribution in [-0.4, -0.2) is 60.1 Å². The topological polar surface area (TPSA) is 130 Å². The van der Waals surface area contributed by atoms with E-state index < -0.39 is 0 Å². The molecule has 11 nitrogen and oxygen atoms in total. The van der Waals surface area contributed by atoms with Crippen LogP contribution in [0.2, 0.25) is 5.02 Å². The summed E-state index contributed by atoms with van der Waals surface area (Å²) in [5.41, 5.74) is 0.994. The number of carbonyl (C=O) groups is 2. The highest BCUT2D eigenvalue weighted by atomic mass is 35.5. The Kier molecular flexibility index (Phi) is 8.48. The molecular formula is C23H28ClN7O4. The summed E-state index contributed by atoms with van der Waals surface area (Å²) < 4.78 is 6.87. The highest BCUT2D eigenvalue weighted by Gasteiger charge is 2.16. The van der Waals surface area contributed by atoms with Gasteiger partial charge in [0.05, 0.1) is 18.3 Å². The standard InChI is InChI=1S/C23H28ClN7O4/c1-5-8-31(12-19(32)25-2)23-27-11-16(24)21(29-23)28-15-6-7-17-14(9-15)10-18(22(34)30(17)4)35-13-20(33)26-3/h6-7,9-11H,5,8,12-13H2,1-4H3,(H,25,32)(H,26,33)(H,27,28,29). The van der Waals surface area contributed by atoms with Crippen LogP contribution >= 0.6 is 11.6 Å². The van der Waals surface area contributed by atoms with Crippen molar-refractivity contribution in [3.8, 4) is 5.75 Å². The molecule has 0 aliphatic rings. The van der Waals surface area contributed by atoms with Crippen molar-refractivity contribution in [3.05, 3.63) is 45.8 Å². The quantitative estimate of drug-likeness (QED) is 0.383. The predicted octanol–water partition coefficient (Wildman–Crippen LogP) is 1.81. The number of likely N-dealkylation sites (N-methyl/N-ethyl adjacent to an activating group) is 2. The van der Waals surface area contributed by atoms with E-state index in [4.69, 9.17) is 16.3 Å². The van der Waals surface area contributed by atoms with Gasteiger partial charge in [-0.2, -0.15) is 4.98 Å². The molecular weight excluding hydrogens is 474 g/mol. The number of carbonyl (C=O) groups excluding carboxylic acids is 2. The third-order valence-corrected chi connectivity index (χ3v) is 5.49. The maximum Gasteiger partial charge on any atom is 0.293 e. The number of ether oxygens (including phenoxy) is 1. The third-order valence-electron chi connectivity index (χ3n) is 5.21. The molecule has 0 radical (unpaired) electrons. The normalized spacial score (nSPS) is 10.7. The molecule has 2 amide bonds. The minimum atomic E-state index is -0.349. The van der Waals surface area contributed by atoms with Crippen molar-refractivity contribution >= 4 is 51.8 Å². The molecule has 35 heavy (non-hydrogen) atoms. The molecule has 3 aromatic rings. The van der Waals surface area contributed by atoms with Crippen molar-refractivity contribution in [1.82, 2.24) is 25.2 Å². The Labute approximate surface area is 207 Å². The summed E-state index contributed by atoms with van der Waals surface area (Å²) >= 11 is 6.35. The number of benzene rings is 1. The SMILES string of the molecule is CCCN(CC(=O)NC)c1ncc(Cl)c(Nc2ccc3c(c2)cc(OCC(=O)NC)c(=O)n3C)n1. The second kappa shape index (κ2) is 11.5. The van der Waals surface area contributed by atoms with Gasteiger partial charge in [-0.05, 0) is 30.7 Å². The first-order valence-corrected chi connectivity index (χ1v) is 11.4. The van der Waals surface area contributed by atoms with Crippen molar-refractivity contribution in [1.29, 1.82) is 0 Å². The average molecular weight is 502 g/mol. The Morgan fingerprint density at radius 2 is 1.91 bits per heavy atom. The Morgan fingerprint density at radius 3 is 2.60 bits per heavy atom. The molecule has 0 saturated carbocycles. The van der Waals surface area contributed by atoms with E-state index in [0.29, 0.717) is 39.9 Å². The van der Waals surface area contributed by atoms with E-state index in [2.05, 4.69) is 25.9 Å². The minimum absolute atomic E-state index is 0.0625. The number of anilines is 3. The van der Waals surface area contributed by atoms with Gasteiger partial charge in [0.2, 0.25) is 11.9 Å². The van der Waals surface area contributed by atoms with Crippen molar-refractivity contribution in [3.63, 3.8) is 0 Å². The molecule has 0 aliphatic heterocycles. The zero-order valence-corrected chi connectivity index (χ0v) is 20.8. The van der Waals surface area contributed by atoms with Gasteiger partial charge in [-0.1, -0.05) is 18.5 Å². The van der Waals surface area contributed by atoms with Crippen LogP contribution in [0.5, 0.6) is 5.75 Å². The summed E-state index contributed by atoms with van der Waals surface area (Å²) in [5, 5.41) is 9.25. The van der Waals surface area contributed by atoms with E-state index in [1.807, 2.05) is 13.0 Å². The van der Waals surface area contributed by atoms with Crippen LogP contribution in [0.15, 0.2) is 35.3 Å². The van der Waals surface area contributed by atoms with Crippen molar-refractivity contribution in [2.75, 3.05) is 44.0 Å². The first kappa shape index (κ1) is 25.8. The number of rotatable bonds is 10. The molecule has 0 unspecified atom stereocenters. The number of aryl methyl sites for hydroxylation is 1. The first-order valence-electron chi connectivity index (χ1n) is 11.0. The molecule has 0 fully saturated rings. The Hall–Kier alpha value is -3.86. The summed E-state index contributed by atoms with van der Waals surface area (Å²) in [7, 11) is 4.70. The smallest absolute Gasteiger partial charge is 0.293 e. The highest BCUT2D eigenvalue weighted by Crippen LogP contribution is 2.27. The molecule has 2 heterocycles. The van der Waals surface area contributed by atoms with E-state index in [0.717, 1.165) is 6.42 Å². The molecule has 0 aliphatic carbocycles. The zero-order chi connectivity index (χ0) is 25.5. The lowest BCUT2D eigenvalue weighted by Crippen LogP contribution is -2.37. The lowest BCUT2D eigenvalue weighted by Gasteiger charge is -2.22. The number of fused-ring (bicyclic) bond motifs is 1. The zero-order valence-electron chi connectivity index (χ0n) is 20.0. The van der Waals surface area contributed by atoms with E-state index in [1.165, 1.54) is 17.8 Å². The van der Waals surface area contributed by atoms with Gasteiger partial charge in [0.25, 0.3) is 11.5 Å². The maximum atomic E-state index is 12.6. The number of hydrogen-bond acceptors (Lipinski definition) is 8. The molecule has 186 valence electrons. The number of amides is 2. The van der Waals surface area contributed by atoms with Crippen molar-refractivity contribution < 1.29 is 14.3 Å². The summed E-state index contributed by atoms with van der Waals surface area (Å²) in [6, 6.07) is 6.98. The Bertz CT molecular complexity index is 1290. The fourth-order valence-corrected chi connectivity index (χ4v) is 3.49. The molecule has 0 bridgehead atoms. The van der Waals surface area contributed by atoms with Crippen LogP contribution in [0.1, 0.15) is 13.3 Å². The number of halogens is 1. The van der Waals surface area contributed by atoms with Gasteiger partial charge in [0.15, 0.2) is 18.2 Å². The number of aromatic nitrogens is 3. The van der Waals surface area contributed by atoms with E-state index >= 15 is 0 Å². The molecule has 0 saturated heterocycles. The third kappa shape index (κ3) is 6.18. The van der Waals surface area contributed by atoms with Crippen LogP contribution in [-0.2, 0) is 16.6 Å². The van der Waals surface area contributed by atoms with Crippen LogP contribution in [0.4, 0.5) is 17.5 Å². The van der Waals surface area contributed by atoms with Gasteiger partial charge in [0.1, 0.15) is 5.02 Å². The average Bonchev–Trinajstić information content (AvgIpc) is 2.86. The van der Waals surface area contributed by atoms with Gasteiger partial charge in [-0.25, -0.2) is 4.98 Å². The largest absolute Gasteiger partial charge is 0.478 e. The minimum Gasteiger partial charge on any atom is -0.478 e. The second-order valence-corrected chi connectivity index (χ2v) is 8.10. The van der Waals surface area contributed by atoms with Gasteiger partial charge in [0, 0.05) is 38.8 Å². The number of nitrogens with one attached hydrogen (secondary N) is 3. The fourth-order valence-electron chi connectivity index (χ4n) is 3.36. The maximum absolute atomic E-state index is 12.6. The predicted molar refractivity (Wildman–Crippen MR) is 136 cm³/mol. The van der Waals surface area contributed by atoms with Gasteiger partial charge >= 0.3 is 0 Å². The lowest BCUT2D eigenvalue weighted by atomic mass is 10.2. The number of hydrogen-bond donors (Lipinski definition) is 3. The molecule has 3 N–H and O–H groups in total. The summed E-state index contributed by atoms with van der Waals surface area (Å²) in [5.74, 6) is 0.310. The monoisotopic (exact) mass is 501 g/mol. The van der Waals surface area contributed by atoms with Crippen molar-refractivity contribution in [2.45, 2.75) is 13.3 Å². The summed E-state index contributed by atoms with van der Waals surface area (Å²) in [6.07, 6.45) is 2.29. The summed E-state index contributed by atoms with van der Waals surface area (Å²) in [4.78, 5) is 46.6. The molecule has 3 rings (SSSR count). The number of pyridine rings is 1. The van der Waals surface area contributed by atoms with Gasteiger partial charge < -0.3 is 30.2 Å². The van der Waals surface area contributed by atoms with Crippen LogP contribution < -0.4 is 31.1 Å². The molecule has 0 atom stereocenters.